The van der Waals surface area contributed by atoms with Crippen molar-refractivity contribution >= 4 is 54.1 Å². The van der Waals surface area contributed by atoms with Gasteiger partial charge in [0.1, 0.15) is 0 Å². The van der Waals surface area contributed by atoms with E-state index in [0.29, 0.717) is 17.4 Å². The first-order valence-corrected chi connectivity index (χ1v) is 10.7. The molecule has 0 saturated carbocycles. The van der Waals surface area contributed by atoms with Gasteiger partial charge in [-0.05, 0) is 44.5 Å². The van der Waals surface area contributed by atoms with Crippen molar-refractivity contribution in [3.63, 3.8) is 0 Å². The number of amides is 2. The van der Waals surface area contributed by atoms with E-state index in [2.05, 4.69) is 20.9 Å². The van der Waals surface area contributed by atoms with Crippen LogP contribution in [-0.2, 0) is 10.0 Å². The number of aromatic nitrogens is 1. The lowest BCUT2D eigenvalue weighted by atomic mass is 10.1. The number of benzene rings is 1. The number of carbonyl (C=O) groups excluding carboxylic acids is 1. The molecule has 2 heterocycles. The third kappa shape index (κ3) is 3.57. The van der Waals surface area contributed by atoms with Gasteiger partial charge in [0, 0.05) is 22.7 Å². The van der Waals surface area contributed by atoms with Crippen LogP contribution < -0.4 is 14.9 Å². The van der Waals surface area contributed by atoms with E-state index < -0.39 is 10.0 Å². The van der Waals surface area contributed by atoms with E-state index in [1.807, 2.05) is 31.2 Å². The maximum absolute atomic E-state index is 13.0. The molecule has 0 bridgehead atoms. The molecule has 1 fully saturated rings. The maximum Gasteiger partial charge on any atom is 0.331 e. The number of halogens is 1. The van der Waals surface area contributed by atoms with E-state index in [1.165, 1.54) is 4.90 Å². The molecule has 0 spiro atoms. The second kappa shape index (κ2) is 6.67. The average molecular weight is 445 g/mol. The van der Waals surface area contributed by atoms with Crippen molar-refractivity contribution in [1.82, 2.24) is 4.98 Å². The van der Waals surface area contributed by atoms with E-state index in [4.69, 9.17) is 5.14 Å². The zero-order valence-electron chi connectivity index (χ0n) is 13.6. The van der Waals surface area contributed by atoms with Gasteiger partial charge in [-0.1, -0.05) is 27.3 Å². The van der Waals surface area contributed by atoms with Gasteiger partial charge < -0.3 is 0 Å². The summed E-state index contributed by atoms with van der Waals surface area (Å²) in [5.41, 5.74) is 1.09. The molecule has 2 amide bonds. The van der Waals surface area contributed by atoms with Crippen LogP contribution in [0.4, 0.5) is 15.6 Å². The fraction of sp³-hybridized carbons (Fsp3) is 0.333. The number of thiazole rings is 1. The quantitative estimate of drug-likeness (QED) is 0.785. The lowest BCUT2D eigenvalue weighted by Crippen LogP contribution is -2.54. The van der Waals surface area contributed by atoms with E-state index in [0.717, 1.165) is 27.9 Å². The minimum Gasteiger partial charge on any atom is -0.294 e. The minimum absolute atomic E-state index is 0.0109. The normalized spacial score (nSPS) is 18.7. The number of urea groups is 1. The summed E-state index contributed by atoms with van der Waals surface area (Å²) in [4.78, 5) is 20.5. The highest BCUT2D eigenvalue weighted by Crippen LogP contribution is 2.34. The molecule has 0 aliphatic carbocycles. The number of hydrogen-bond donors (Lipinski definition) is 1. The monoisotopic (exact) mass is 444 g/mol. The molecule has 3 rings (SSSR count). The molecule has 7 nitrogen and oxygen atoms in total. The summed E-state index contributed by atoms with van der Waals surface area (Å²) in [6.45, 7) is 4.08. The van der Waals surface area contributed by atoms with Crippen molar-refractivity contribution in [3.05, 3.63) is 34.4 Å². The van der Waals surface area contributed by atoms with Crippen molar-refractivity contribution in [1.29, 1.82) is 0 Å². The first-order valence-electron chi connectivity index (χ1n) is 7.55. The molecule has 0 radical (unpaired) electrons. The molecule has 134 valence electrons. The number of carbonyl (C=O) groups is 1. The topological polar surface area (TPSA) is 96.6 Å². The standard InChI is InChI=1S/C15H17BrN4O3S2/c1-9-7-8-19(12-5-3-11(16)4-6-12)15(21)20(9)14-18-10(2)13(24-14)25(17,22)23/h3-6,9H,7-8H2,1-2H3,(H2,17,22,23). The van der Waals surface area contributed by atoms with Gasteiger partial charge in [-0.25, -0.2) is 23.3 Å². The van der Waals surface area contributed by atoms with Gasteiger partial charge in [-0.3, -0.25) is 9.80 Å². The van der Waals surface area contributed by atoms with Crippen LogP contribution in [0.3, 0.4) is 0 Å². The summed E-state index contributed by atoms with van der Waals surface area (Å²) < 4.78 is 24.2. The van der Waals surface area contributed by atoms with Crippen LogP contribution in [0.15, 0.2) is 32.9 Å². The van der Waals surface area contributed by atoms with E-state index in [9.17, 15) is 13.2 Å². The smallest absolute Gasteiger partial charge is 0.294 e. The van der Waals surface area contributed by atoms with Gasteiger partial charge in [0.2, 0.25) is 10.0 Å². The summed E-state index contributed by atoms with van der Waals surface area (Å²) in [6, 6.07) is 7.15. The number of hydrogen-bond acceptors (Lipinski definition) is 5. The molecule has 2 aromatic rings. The van der Waals surface area contributed by atoms with Gasteiger partial charge in [0.25, 0.3) is 0 Å². The predicted molar refractivity (Wildman–Crippen MR) is 102 cm³/mol. The van der Waals surface area contributed by atoms with E-state index in [1.54, 1.807) is 11.8 Å². The Hall–Kier alpha value is -1.49. The highest BCUT2D eigenvalue weighted by molar-refractivity contribution is 9.10. The molecular weight excluding hydrogens is 428 g/mol. The van der Waals surface area contributed by atoms with Crippen LogP contribution in [0, 0.1) is 6.92 Å². The van der Waals surface area contributed by atoms with Crippen molar-refractivity contribution in [2.45, 2.75) is 30.5 Å². The van der Waals surface area contributed by atoms with E-state index >= 15 is 0 Å². The predicted octanol–water partition coefficient (Wildman–Crippen LogP) is 3.09. The zero-order chi connectivity index (χ0) is 18.4. The molecule has 1 aliphatic rings. The molecule has 1 atom stereocenters. The fourth-order valence-corrected chi connectivity index (χ4v) is 5.03. The Balaban J connectivity index is 1.97. The van der Waals surface area contributed by atoms with E-state index in [-0.39, 0.29) is 16.3 Å². The molecule has 1 aromatic carbocycles. The number of nitrogens with two attached hydrogens (primary N) is 1. The zero-order valence-corrected chi connectivity index (χ0v) is 16.9. The highest BCUT2D eigenvalue weighted by Gasteiger charge is 2.35. The largest absolute Gasteiger partial charge is 0.331 e. The average Bonchev–Trinajstić information content (AvgIpc) is 2.90. The Bertz CT molecular complexity index is 911. The van der Waals surface area contributed by atoms with Gasteiger partial charge in [-0.2, -0.15) is 0 Å². The number of nitrogens with zero attached hydrogens (tertiary/aromatic N) is 3. The Kier molecular flexibility index (Phi) is 4.89. The SMILES string of the molecule is Cc1nc(N2C(=O)N(c3ccc(Br)cc3)CCC2C)sc1S(N)(=O)=O. The second-order valence-electron chi connectivity index (χ2n) is 5.83. The fourth-order valence-electron chi connectivity index (χ4n) is 2.73. The van der Waals surface area contributed by atoms with Crippen LogP contribution >= 0.6 is 27.3 Å². The molecule has 1 unspecified atom stereocenters. The third-order valence-corrected chi connectivity index (χ3v) is 7.23. The van der Waals surface area contributed by atoms with Crippen molar-refractivity contribution in [3.8, 4) is 0 Å². The third-order valence-electron chi connectivity index (χ3n) is 3.99. The first-order chi connectivity index (χ1) is 11.7. The number of rotatable bonds is 3. The molecule has 2 N–H and O–H groups in total. The van der Waals surface area contributed by atoms with Gasteiger partial charge in [0.05, 0.1) is 5.69 Å². The van der Waals surface area contributed by atoms with Crippen LogP contribution in [-0.4, -0.2) is 32.0 Å². The Morgan fingerprint density at radius 1 is 1.32 bits per heavy atom. The van der Waals surface area contributed by atoms with Gasteiger partial charge in [-0.15, -0.1) is 0 Å². The molecule has 25 heavy (non-hydrogen) atoms. The van der Waals surface area contributed by atoms with Crippen LogP contribution in [0.5, 0.6) is 0 Å². The number of primary sulfonamides is 1. The lowest BCUT2D eigenvalue weighted by molar-refractivity contribution is 0.245. The maximum atomic E-state index is 13.0. The molecular formula is C15H17BrN4O3S2. The van der Waals surface area contributed by atoms with Crippen molar-refractivity contribution in [2.75, 3.05) is 16.3 Å². The highest BCUT2D eigenvalue weighted by atomic mass is 79.9. The number of sulfonamides is 1. The first kappa shape index (κ1) is 18.3. The van der Waals surface area contributed by atoms with Crippen LogP contribution in [0.1, 0.15) is 19.0 Å². The number of anilines is 2. The second-order valence-corrected chi connectivity index (χ2v) is 9.48. The number of aryl methyl sites for hydroxylation is 1. The molecule has 1 aliphatic heterocycles. The lowest BCUT2D eigenvalue weighted by Gasteiger charge is -2.38. The minimum atomic E-state index is -3.86. The Morgan fingerprint density at radius 3 is 2.52 bits per heavy atom. The Labute approximate surface area is 158 Å². The summed E-state index contributed by atoms with van der Waals surface area (Å²) in [7, 11) is -3.86. The van der Waals surface area contributed by atoms with Gasteiger partial charge in [0.15, 0.2) is 9.34 Å². The summed E-state index contributed by atoms with van der Waals surface area (Å²) in [5, 5.41) is 5.57. The molecule has 10 heteroatoms. The Morgan fingerprint density at radius 2 is 1.96 bits per heavy atom. The summed E-state index contributed by atoms with van der Waals surface area (Å²) >= 11 is 4.31. The van der Waals surface area contributed by atoms with Crippen molar-refractivity contribution in [2.24, 2.45) is 5.14 Å². The molecule has 1 saturated heterocycles. The summed E-state index contributed by atoms with van der Waals surface area (Å²) in [6.07, 6.45) is 0.741. The van der Waals surface area contributed by atoms with Crippen LogP contribution in [0.25, 0.3) is 0 Å². The summed E-state index contributed by atoms with van der Waals surface area (Å²) in [5.74, 6) is 0. The molecule has 1 aromatic heterocycles. The van der Waals surface area contributed by atoms with Crippen molar-refractivity contribution < 1.29 is 13.2 Å². The van der Waals surface area contributed by atoms with Gasteiger partial charge >= 0.3 is 6.03 Å². The van der Waals surface area contributed by atoms with Crippen LogP contribution in [0.2, 0.25) is 0 Å².